The van der Waals surface area contributed by atoms with Crippen LogP contribution in [0.15, 0.2) is 40.1 Å². The van der Waals surface area contributed by atoms with Crippen LogP contribution in [0.5, 0.6) is 5.75 Å². The van der Waals surface area contributed by atoms with Crippen LogP contribution in [0.3, 0.4) is 0 Å². The van der Waals surface area contributed by atoms with Gasteiger partial charge in [-0.2, -0.15) is 0 Å². The number of halogens is 3. The highest BCUT2D eigenvalue weighted by atomic mass is 35.5. The quantitative estimate of drug-likeness (QED) is 0.385. The van der Waals surface area contributed by atoms with Crippen molar-refractivity contribution in [3.63, 3.8) is 0 Å². The van der Waals surface area contributed by atoms with Gasteiger partial charge in [-0.25, -0.2) is 18.4 Å². The molecule has 0 saturated carbocycles. The first-order valence-corrected chi connectivity index (χ1v) is 8.14. The summed E-state index contributed by atoms with van der Waals surface area (Å²) in [6, 6.07) is 4.67. The Morgan fingerprint density at radius 3 is 2.73 bits per heavy atom. The second-order valence-corrected chi connectivity index (χ2v) is 5.94. The van der Waals surface area contributed by atoms with Gasteiger partial charge < -0.3 is 13.9 Å². The number of esters is 1. The average Bonchev–Trinajstić information content (AvgIpc) is 2.59. The lowest BCUT2D eigenvalue weighted by Crippen LogP contribution is -2.22. The van der Waals surface area contributed by atoms with Crippen LogP contribution in [0.2, 0.25) is 5.02 Å². The molecule has 1 aromatic heterocycles. The fraction of sp³-hybridized carbons (Fsp3) is 0.333. The summed E-state index contributed by atoms with van der Waals surface area (Å²) in [4.78, 5) is 22.4. The average molecular weight is 387 g/mol. The molecule has 0 N–H and O–H groups in total. The van der Waals surface area contributed by atoms with Crippen molar-refractivity contribution in [2.45, 2.75) is 25.7 Å². The van der Waals surface area contributed by atoms with E-state index in [-0.39, 0.29) is 23.0 Å². The summed E-state index contributed by atoms with van der Waals surface area (Å²) in [6.45, 7) is 4.20. The zero-order chi connectivity index (χ0) is 19.3. The van der Waals surface area contributed by atoms with Gasteiger partial charge in [0.25, 0.3) is 5.92 Å². The first-order chi connectivity index (χ1) is 12.2. The molecule has 0 aliphatic heterocycles. The highest BCUT2D eigenvalue weighted by Crippen LogP contribution is 2.27. The molecule has 0 atom stereocenters. The van der Waals surface area contributed by atoms with Gasteiger partial charge in [-0.1, -0.05) is 18.2 Å². The van der Waals surface area contributed by atoms with Gasteiger partial charge in [-0.15, -0.1) is 0 Å². The second kappa shape index (κ2) is 8.31. The Labute approximate surface area is 153 Å². The molecule has 26 heavy (non-hydrogen) atoms. The molecule has 0 unspecified atom stereocenters. The van der Waals surface area contributed by atoms with E-state index in [0.717, 1.165) is 6.08 Å². The smallest absolute Gasteiger partial charge is 0.355 e. The van der Waals surface area contributed by atoms with Crippen LogP contribution in [0.25, 0.3) is 11.0 Å². The van der Waals surface area contributed by atoms with E-state index in [4.69, 9.17) is 20.8 Å². The Morgan fingerprint density at radius 1 is 1.35 bits per heavy atom. The summed E-state index contributed by atoms with van der Waals surface area (Å²) < 4.78 is 42.4. The summed E-state index contributed by atoms with van der Waals surface area (Å²) in [5.41, 5.74) is 0.164. The predicted molar refractivity (Wildman–Crippen MR) is 93.1 cm³/mol. The molecule has 0 saturated heterocycles. The number of alkyl halides is 2. The fourth-order valence-corrected chi connectivity index (χ4v) is 2.35. The lowest BCUT2D eigenvalue weighted by Gasteiger charge is -2.16. The molecule has 2 aromatic rings. The molecule has 8 heteroatoms. The molecule has 0 aliphatic carbocycles. The van der Waals surface area contributed by atoms with E-state index in [9.17, 15) is 18.4 Å². The lowest BCUT2D eigenvalue weighted by atomic mass is 10.1. The van der Waals surface area contributed by atoms with Crippen molar-refractivity contribution in [1.82, 2.24) is 0 Å². The third-order valence-electron chi connectivity index (χ3n) is 3.68. The van der Waals surface area contributed by atoms with Gasteiger partial charge in [-0.3, -0.25) is 0 Å². The van der Waals surface area contributed by atoms with Crippen molar-refractivity contribution in [3.05, 3.63) is 51.9 Å². The zero-order valence-electron chi connectivity index (χ0n) is 14.0. The van der Waals surface area contributed by atoms with Crippen molar-refractivity contribution in [3.8, 4) is 5.75 Å². The number of hydrogen-bond acceptors (Lipinski definition) is 5. The van der Waals surface area contributed by atoms with E-state index < -0.39 is 37.0 Å². The van der Waals surface area contributed by atoms with E-state index in [0.29, 0.717) is 10.9 Å². The third kappa shape index (κ3) is 5.05. The molecule has 0 aliphatic rings. The number of fused-ring (bicyclic) bond motifs is 1. The number of hydrogen-bond donors (Lipinski definition) is 0. The number of ether oxygens (including phenoxy) is 2. The zero-order valence-corrected chi connectivity index (χ0v) is 14.8. The standard InChI is InChI=1S/C18H17ClF2O5/c1-3-15(22)25-9-7-18(20,21)6-8-24-12-4-5-13-11(2)16(19)17(23)26-14(13)10-12/h3-5,10H,1,6-9H2,2H3. The molecule has 0 bridgehead atoms. The highest BCUT2D eigenvalue weighted by Gasteiger charge is 2.29. The maximum Gasteiger partial charge on any atom is 0.355 e. The number of carbonyl (C=O) groups is 1. The van der Waals surface area contributed by atoms with Crippen molar-refractivity contribution in [1.29, 1.82) is 0 Å². The van der Waals surface area contributed by atoms with Crippen LogP contribution in [0.4, 0.5) is 8.78 Å². The number of carbonyl (C=O) groups excluding carboxylic acids is 1. The maximum absolute atomic E-state index is 13.7. The van der Waals surface area contributed by atoms with Crippen LogP contribution in [0, 0.1) is 6.92 Å². The van der Waals surface area contributed by atoms with Gasteiger partial charge in [0, 0.05) is 30.4 Å². The number of rotatable bonds is 8. The van der Waals surface area contributed by atoms with Crippen LogP contribution in [-0.4, -0.2) is 25.1 Å². The highest BCUT2D eigenvalue weighted by molar-refractivity contribution is 6.31. The molecular weight excluding hydrogens is 370 g/mol. The molecule has 0 radical (unpaired) electrons. The van der Waals surface area contributed by atoms with Crippen LogP contribution in [0.1, 0.15) is 18.4 Å². The third-order valence-corrected chi connectivity index (χ3v) is 4.12. The SMILES string of the molecule is C=CC(=O)OCCC(F)(F)CCOc1ccc2c(C)c(Cl)c(=O)oc2c1. The summed E-state index contributed by atoms with van der Waals surface area (Å²) in [5.74, 6) is -3.50. The van der Waals surface area contributed by atoms with E-state index in [2.05, 4.69) is 11.3 Å². The lowest BCUT2D eigenvalue weighted by molar-refractivity contribution is -0.140. The summed E-state index contributed by atoms with van der Waals surface area (Å²) >= 11 is 5.84. The molecule has 1 aromatic carbocycles. The predicted octanol–water partition coefficient (Wildman–Crippen LogP) is 4.28. The number of benzene rings is 1. The van der Waals surface area contributed by atoms with E-state index >= 15 is 0 Å². The van der Waals surface area contributed by atoms with Crippen LogP contribution in [-0.2, 0) is 9.53 Å². The molecule has 2 rings (SSSR count). The van der Waals surface area contributed by atoms with Crippen molar-refractivity contribution < 1.29 is 27.5 Å². The minimum absolute atomic E-state index is 0.00275. The molecular formula is C18H17ClF2O5. The van der Waals surface area contributed by atoms with E-state index in [1.807, 2.05) is 0 Å². The van der Waals surface area contributed by atoms with Gasteiger partial charge >= 0.3 is 11.6 Å². The fourth-order valence-electron chi connectivity index (χ4n) is 2.21. The molecule has 0 fully saturated rings. The number of aryl methyl sites for hydroxylation is 1. The second-order valence-electron chi connectivity index (χ2n) is 5.56. The monoisotopic (exact) mass is 386 g/mol. The van der Waals surface area contributed by atoms with Crippen molar-refractivity contribution >= 4 is 28.5 Å². The summed E-state index contributed by atoms with van der Waals surface area (Å²) in [5, 5.41) is 0.638. The summed E-state index contributed by atoms with van der Waals surface area (Å²) in [6.07, 6.45) is -0.255. The molecule has 1 heterocycles. The Kier molecular flexibility index (Phi) is 6.37. The minimum atomic E-state index is -3.05. The Bertz CT molecular complexity index is 876. The molecule has 0 spiro atoms. The largest absolute Gasteiger partial charge is 0.493 e. The van der Waals surface area contributed by atoms with Crippen LogP contribution < -0.4 is 10.4 Å². The molecule has 140 valence electrons. The Morgan fingerprint density at radius 2 is 2.04 bits per heavy atom. The van der Waals surface area contributed by atoms with Gasteiger partial charge in [0.1, 0.15) is 16.4 Å². The maximum atomic E-state index is 13.7. The topological polar surface area (TPSA) is 65.7 Å². The molecule has 5 nitrogen and oxygen atoms in total. The van der Waals surface area contributed by atoms with Gasteiger partial charge in [-0.05, 0) is 24.6 Å². The van der Waals surface area contributed by atoms with Gasteiger partial charge in [0.15, 0.2) is 0 Å². The van der Waals surface area contributed by atoms with E-state index in [1.165, 1.54) is 6.07 Å². The molecule has 0 amide bonds. The van der Waals surface area contributed by atoms with Crippen LogP contribution >= 0.6 is 11.6 Å². The minimum Gasteiger partial charge on any atom is -0.493 e. The van der Waals surface area contributed by atoms with Crippen molar-refractivity contribution in [2.24, 2.45) is 0 Å². The first-order valence-electron chi connectivity index (χ1n) is 7.76. The Balaban J connectivity index is 1.95. The first kappa shape index (κ1) is 19.9. The van der Waals surface area contributed by atoms with Gasteiger partial charge in [0.2, 0.25) is 0 Å². The van der Waals surface area contributed by atoms with E-state index in [1.54, 1.807) is 19.1 Å². The summed E-state index contributed by atoms with van der Waals surface area (Å²) in [7, 11) is 0. The normalized spacial score (nSPS) is 11.4. The van der Waals surface area contributed by atoms with Crippen molar-refractivity contribution in [2.75, 3.05) is 13.2 Å². The Hall–Kier alpha value is -2.41. The van der Waals surface area contributed by atoms with Gasteiger partial charge in [0.05, 0.1) is 13.2 Å².